The first kappa shape index (κ1) is 20.3. The topological polar surface area (TPSA) is 49.4 Å². The molecule has 1 aliphatic rings. The zero-order chi connectivity index (χ0) is 21.1. The number of nitrogens with one attached hydrogen (secondary N) is 1. The molecule has 1 N–H and O–H groups in total. The van der Waals surface area contributed by atoms with Crippen LogP contribution in [0.15, 0.2) is 66.0 Å². The predicted molar refractivity (Wildman–Crippen MR) is 116 cm³/mol. The number of carbonyl (C=O) groups is 2. The standard InChI is InChI=1S/C24H23FN2O2S/c1-16(28)26-21(17-7-9-19(25)10-8-17)15-23(29)27-13-11-22-20(12-14-30-22)24(27)18-5-3-2-4-6-18/h2-10,12,14,21,24H,11,13,15H2,1H3,(H,26,28)/t21-,24+/m0/s1. The molecule has 3 aromatic rings. The Morgan fingerprint density at radius 3 is 2.57 bits per heavy atom. The van der Waals surface area contributed by atoms with Crippen LogP contribution >= 0.6 is 11.3 Å². The fourth-order valence-electron chi connectivity index (χ4n) is 4.06. The van der Waals surface area contributed by atoms with E-state index in [0.29, 0.717) is 12.1 Å². The Hall–Kier alpha value is -2.99. The number of rotatable bonds is 5. The molecular weight excluding hydrogens is 399 g/mol. The highest BCUT2D eigenvalue weighted by Crippen LogP contribution is 2.38. The van der Waals surface area contributed by atoms with E-state index in [9.17, 15) is 14.0 Å². The summed E-state index contributed by atoms with van der Waals surface area (Å²) in [6.07, 6.45) is 0.942. The van der Waals surface area contributed by atoms with Crippen molar-refractivity contribution in [1.29, 1.82) is 0 Å². The lowest BCUT2D eigenvalue weighted by atomic mass is 9.92. The van der Waals surface area contributed by atoms with Gasteiger partial charge in [-0.2, -0.15) is 0 Å². The molecule has 2 heterocycles. The van der Waals surface area contributed by atoms with E-state index in [-0.39, 0.29) is 30.1 Å². The number of nitrogens with zero attached hydrogens (tertiary/aromatic N) is 1. The van der Waals surface area contributed by atoms with Crippen LogP contribution < -0.4 is 5.32 Å². The van der Waals surface area contributed by atoms with Crippen LogP contribution in [-0.2, 0) is 16.0 Å². The Balaban J connectivity index is 1.63. The van der Waals surface area contributed by atoms with Crippen molar-refractivity contribution in [2.75, 3.05) is 6.54 Å². The van der Waals surface area contributed by atoms with Crippen LogP contribution in [0.25, 0.3) is 0 Å². The first-order valence-corrected chi connectivity index (χ1v) is 10.8. The molecule has 0 bridgehead atoms. The quantitative estimate of drug-likeness (QED) is 0.652. The summed E-state index contributed by atoms with van der Waals surface area (Å²) >= 11 is 1.73. The summed E-state index contributed by atoms with van der Waals surface area (Å²) in [5, 5.41) is 4.92. The molecule has 2 atom stereocenters. The number of hydrogen-bond donors (Lipinski definition) is 1. The van der Waals surface area contributed by atoms with Crippen molar-refractivity contribution >= 4 is 23.2 Å². The number of thiophene rings is 1. The van der Waals surface area contributed by atoms with E-state index in [1.54, 1.807) is 23.5 Å². The van der Waals surface area contributed by atoms with Crippen molar-refractivity contribution in [3.05, 3.63) is 93.4 Å². The molecule has 6 heteroatoms. The fraction of sp³-hybridized carbons (Fsp3) is 0.250. The van der Waals surface area contributed by atoms with E-state index in [1.807, 2.05) is 35.2 Å². The van der Waals surface area contributed by atoms with Gasteiger partial charge in [0.2, 0.25) is 11.8 Å². The van der Waals surface area contributed by atoms with Gasteiger partial charge in [0.25, 0.3) is 0 Å². The van der Waals surface area contributed by atoms with E-state index in [0.717, 1.165) is 12.0 Å². The zero-order valence-corrected chi connectivity index (χ0v) is 17.5. The van der Waals surface area contributed by atoms with Crippen LogP contribution in [-0.4, -0.2) is 23.3 Å². The van der Waals surface area contributed by atoms with Gasteiger partial charge in [-0.25, -0.2) is 4.39 Å². The molecule has 0 aliphatic carbocycles. The van der Waals surface area contributed by atoms with E-state index in [4.69, 9.17) is 0 Å². The van der Waals surface area contributed by atoms with E-state index in [1.165, 1.54) is 29.5 Å². The Kier molecular flexibility index (Phi) is 5.95. The van der Waals surface area contributed by atoms with E-state index in [2.05, 4.69) is 16.8 Å². The van der Waals surface area contributed by atoms with Gasteiger partial charge in [0.15, 0.2) is 0 Å². The zero-order valence-electron chi connectivity index (χ0n) is 16.7. The van der Waals surface area contributed by atoms with Crippen LogP contribution in [0.2, 0.25) is 0 Å². The smallest absolute Gasteiger partial charge is 0.225 e. The van der Waals surface area contributed by atoms with Gasteiger partial charge in [-0.05, 0) is 46.7 Å². The third kappa shape index (κ3) is 4.28. The molecule has 2 amide bonds. The van der Waals surface area contributed by atoms with Gasteiger partial charge in [-0.3, -0.25) is 9.59 Å². The van der Waals surface area contributed by atoms with Crippen molar-refractivity contribution in [1.82, 2.24) is 10.2 Å². The summed E-state index contributed by atoms with van der Waals surface area (Å²) in [6.45, 7) is 2.05. The Morgan fingerprint density at radius 2 is 1.87 bits per heavy atom. The van der Waals surface area contributed by atoms with Crippen molar-refractivity contribution in [2.24, 2.45) is 0 Å². The average molecular weight is 423 g/mol. The summed E-state index contributed by atoms with van der Waals surface area (Å²) in [7, 11) is 0. The monoisotopic (exact) mass is 422 g/mol. The van der Waals surface area contributed by atoms with Crippen molar-refractivity contribution in [2.45, 2.75) is 31.8 Å². The summed E-state index contributed by atoms with van der Waals surface area (Å²) in [5.74, 6) is -0.615. The molecular formula is C24H23FN2O2S. The van der Waals surface area contributed by atoms with Crippen LogP contribution in [0, 0.1) is 5.82 Å². The predicted octanol–water partition coefficient (Wildman–Crippen LogP) is 4.63. The SMILES string of the molecule is CC(=O)N[C@@H](CC(=O)N1CCc2sccc2[C@H]1c1ccccc1)c1ccc(F)cc1. The minimum absolute atomic E-state index is 0.0382. The summed E-state index contributed by atoms with van der Waals surface area (Å²) in [4.78, 5) is 28.4. The van der Waals surface area contributed by atoms with Gasteiger partial charge < -0.3 is 10.2 Å². The highest BCUT2D eigenvalue weighted by molar-refractivity contribution is 7.10. The summed E-state index contributed by atoms with van der Waals surface area (Å²) in [6, 6.07) is 17.4. The number of halogens is 1. The normalized spacial score (nSPS) is 16.6. The average Bonchev–Trinajstić information content (AvgIpc) is 3.22. The van der Waals surface area contributed by atoms with Gasteiger partial charge in [0.1, 0.15) is 5.82 Å². The Labute approximate surface area is 179 Å². The first-order valence-electron chi connectivity index (χ1n) is 9.96. The molecule has 2 aromatic carbocycles. The van der Waals surface area contributed by atoms with Crippen LogP contribution in [0.1, 0.15) is 47.0 Å². The first-order chi connectivity index (χ1) is 14.5. The molecule has 154 valence electrons. The van der Waals surface area contributed by atoms with Gasteiger partial charge in [0.05, 0.1) is 18.5 Å². The number of benzene rings is 2. The lowest BCUT2D eigenvalue weighted by Gasteiger charge is -2.37. The second-order valence-corrected chi connectivity index (χ2v) is 8.46. The maximum atomic E-state index is 13.4. The molecule has 0 saturated heterocycles. The maximum Gasteiger partial charge on any atom is 0.225 e. The van der Waals surface area contributed by atoms with Gasteiger partial charge in [-0.15, -0.1) is 11.3 Å². The molecule has 0 unspecified atom stereocenters. The summed E-state index contributed by atoms with van der Waals surface area (Å²) in [5.41, 5.74) is 2.95. The van der Waals surface area contributed by atoms with E-state index >= 15 is 0 Å². The molecule has 0 fully saturated rings. The molecule has 4 nitrogen and oxygen atoms in total. The lowest BCUT2D eigenvalue weighted by Crippen LogP contribution is -2.42. The van der Waals surface area contributed by atoms with Gasteiger partial charge in [-0.1, -0.05) is 42.5 Å². The number of carbonyl (C=O) groups excluding carboxylic acids is 2. The summed E-state index contributed by atoms with van der Waals surface area (Å²) < 4.78 is 13.4. The lowest BCUT2D eigenvalue weighted by molar-refractivity contribution is -0.134. The molecule has 0 spiro atoms. The highest BCUT2D eigenvalue weighted by Gasteiger charge is 2.33. The minimum Gasteiger partial charge on any atom is -0.349 e. The largest absolute Gasteiger partial charge is 0.349 e. The molecule has 30 heavy (non-hydrogen) atoms. The number of fused-ring (bicyclic) bond motifs is 1. The van der Waals surface area contributed by atoms with Crippen molar-refractivity contribution < 1.29 is 14.0 Å². The molecule has 1 aliphatic heterocycles. The molecule has 0 saturated carbocycles. The Morgan fingerprint density at radius 1 is 1.13 bits per heavy atom. The fourth-order valence-corrected chi connectivity index (χ4v) is 4.97. The second-order valence-electron chi connectivity index (χ2n) is 7.46. The van der Waals surface area contributed by atoms with Crippen LogP contribution in [0.5, 0.6) is 0 Å². The maximum absolute atomic E-state index is 13.4. The third-order valence-electron chi connectivity index (χ3n) is 5.43. The van der Waals surface area contributed by atoms with Gasteiger partial charge >= 0.3 is 0 Å². The number of amides is 2. The molecule has 0 radical (unpaired) electrons. The van der Waals surface area contributed by atoms with E-state index < -0.39 is 6.04 Å². The minimum atomic E-state index is -0.504. The number of hydrogen-bond acceptors (Lipinski definition) is 3. The highest BCUT2D eigenvalue weighted by atomic mass is 32.1. The van der Waals surface area contributed by atoms with Crippen LogP contribution in [0.4, 0.5) is 4.39 Å². The Bertz CT molecular complexity index is 1030. The second kappa shape index (κ2) is 8.79. The van der Waals surface area contributed by atoms with Gasteiger partial charge in [0, 0.05) is 18.3 Å². The van der Waals surface area contributed by atoms with Crippen molar-refractivity contribution in [3.63, 3.8) is 0 Å². The third-order valence-corrected chi connectivity index (χ3v) is 6.43. The molecule has 1 aromatic heterocycles. The van der Waals surface area contributed by atoms with Crippen LogP contribution in [0.3, 0.4) is 0 Å². The molecule has 4 rings (SSSR count). The van der Waals surface area contributed by atoms with Crippen molar-refractivity contribution in [3.8, 4) is 0 Å².